The largest absolute Gasteiger partial charge is 0.307 e. The molecule has 1 heterocycles. The highest BCUT2D eigenvalue weighted by molar-refractivity contribution is 7.99. The van der Waals surface area contributed by atoms with E-state index in [1.54, 1.807) is 23.1 Å². The lowest BCUT2D eigenvalue weighted by Crippen LogP contribution is -2.31. The molecule has 7 heteroatoms. The first kappa shape index (κ1) is 15.8. The van der Waals surface area contributed by atoms with Crippen molar-refractivity contribution in [3.05, 3.63) is 57.1 Å². The minimum atomic E-state index is -0.493. The first-order valence-electron chi connectivity index (χ1n) is 7.09. The highest BCUT2D eigenvalue weighted by Gasteiger charge is 2.29. The first-order valence-corrected chi connectivity index (χ1v) is 8.29. The van der Waals surface area contributed by atoms with Crippen molar-refractivity contribution in [3.63, 3.8) is 0 Å². The molecule has 0 N–H and O–H groups in total. The van der Waals surface area contributed by atoms with Crippen molar-refractivity contribution in [3.8, 4) is 0 Å². The molecule has 0 saturated heterocycles. The van der Waals surface area contributed by atoms with Crippen LogP contribution >= 0.6 is 23.4 Å². The van der Waals surface area contributed by atoms with Crippen LogP contribution in [0.5, 0.6) is 0 Å². The van der Waals surface area contributed by atoms with Gasteiger partial charge in [-0.25, -0.2) is 0 Å². The first-order chi connectivity index (χ1) is 11.0. The van der Waals surface area contributed by atoms with E-state index in [1.165, 1.54) is 23.9 Å². The second-order valence-corrected chi connectivity index (χ2v) is 6.54. The highest BCUT2D eigenvalue weighted by atomic mass is 35.5. The summed E-state index contributed by atoms with van der Waals surface area (Å²) in [5, 5.41) is 11.6. The van der Waals surface area contributed by atoms with Gasteiger partial charge in [0, 0.05) is 23.6 Å². The Bertz CT molecular complexity index is 810. The number of rotatable bonds is 3. The predicted octanol–water partition coefficient (Wildman–Crippen LogP) is 4.77. The molecule has 3 rings (SSSR count). The quantitative estimate of drug-likeness (QED) is 0.592. The van der Waals surface area contributed by atoms with Crippen LogP contribution in [-0.2, 0) is 0 Å². The summed E-state index contributed by atoms with van der Waals surface area (Å²) in [5.74, 6) is -0.237. The van der Waals surface area contributed by atoms with E-state index in [0.29, 0.717) is 22.0 Å². The highest BCUT2D eigenvalue weighted by Crippen LogP contribution is 2.45. The molecule has 0 spiro atoms. The van der Waals surface area contributed by atoms with E-state index in [9.17, 15) is 14.9 Å². The Balaban J connectivity index is 2.22. The molecule has 2 aromatic carbocycles. The van der Waals surface area contributed by atoms with Gasteiger partial charge in [-0.15, -0.1) is 0 Å². The molecule has 1 aliphatic heterocycles. The fourth-order valence-electron chi connectivity index (χ4n) is 2.51. The number of non-ortho nitro benzene ring substituents is 1. The summed E-state index contributed by atoms with van der Waals surface area (Å²) in [5.41, 5.74) is 0.990. The molecule has 0 atom stereocenters. The predicted molar refractivity (Wildman–Crippen MR) is 90.6 cm³/mol. The minimum Gasteiger partial charge on any atom is -0.307 e. The lowest BCUT2D eigenvalue weighted by molar-refractivity contribution is -0.384. The van der Waals surface area contributed by atoms with Gasteiger partial charge >= 0.3 is 0 Å². The number of hydrogen-bond acceptors (Lipinski definition) is 4. The van der Waals surface area contributed by atoms with Crippen LogP contribution in [0.1, 0.15) is 23.7 Å². The third-order valence-electron chi connectivity index (χ3n) is 3.55. The smallest absolute Gasteiger partial charge is 0.270 e. The SMILES string of the molecule is CCCN1C(=O)c2cc([N+](=O)[O-])ccc2Sc2c(Cl)cccc21. The molecule has 0 unspecified atom stereocenters. The minimum absolute atomic E-state index is 0.0915. The van der Waals surface area contributed by atoms with E-state index < -0.39 is 4.92 Å². The van der Waals surface area contributed by atoms with E-state index in [4.69, 9.17) is 11.6 Å². The summed E-state index contributed by atoms with van der Waals surface area (Å²) in [7, 11) is 0. The van der Waals surface area contributed by atoms with Crippen molar-refractivity contribution < 1.29 is 9.72 Å². The van der Waals surface area contributed by atoms with Crippen molar-refractivity contribution in [1.29, 1.82) is 0 Å². The number of fused-ring (bicyclic) bond motifs is 2. The van der Waals surface area contributed by atoms with Gasteiger partial charge in [-0.05, 0) is 24.6 Å². The van der Waals surface area contributed by atoms with Gasteiger partial charge in [0.2, 0.25) is 0 Å². The number of amides is 1. The molecule has 0 aromatic heterocycles. The summed E-state index contributed by atoms with van der Waals surface area (Å²) in [6.07, 6.45) is 0.770. The Morgan fingerprint density at radius 3 is 2.78 bits per heavy atom. The Morgan fingerprint density at radius 1 is 1.30 bits per heavy atom. The molecule has 23 heavy (non-hydrogen) atoms. The molecule has 0 radical (unpaired) electrons. The average molecular weight is 349 g/mol. The van der Waals surface area contributed by atoms with E-state index in [-0.39, 0.29) is 11.6 Å². The van der Waals surface area contributed by atoms with E-state index in [1.807, 2.05) is 13.0 Å². The topological polar surface area (TPSA) is 63.5 Å². The summed E-state index contributed by atoms with van der Waals surface area (Å²) >= 11 is 7.68. The van der Waals surface area contributed by atoms with Crippen LogP contribution in [0.25, 0.3) is 0 Å². The standard InChI is InChI=1S/C16H13ClN2O3S/c1-2-8-18-13-5-3-4-12(17)15(13)23-14-7-6-10(19(21)22)9-11(14)16(18)20/h3-7,9H,2,8H2,1H3. The molecule has 2 aromatic rings. The normalized spacial score (nSPS) is 13.3. The lowest BCUT2D eigenvalue weighted by atomic mass is 10.1. The zero-order valence-electron chi connectivity index (χ0n) is 12.3. The number of nitrogens with zero attached hydrogens (tertiary/aromatic N) is 2. The number of halogens is 1. The van der Waals surface area contributed by atoms with Crippen molar-refractivity contribution in [2.45, 2.75) is 23.1 Å². The summed E-state index contributed by atoms with van der Waals surface area (Å²) in [6, 6.07) is 9.79. The third kappa shape index (κ3) is 2.80. The average Bonchev–Trinajstić information content (AvgIpc) is 2.65. The fourth-order valence-corrected chi connectivity index (χ4v) is 3.85. The number of nitro benzene ring substituents is 1. The number of carbonyl (C=O) groups excluding carboxylic acids is 1. The monoisotopic (exact) mass is 348 g/mol. The summed E-state index contributed by atoms with van der Waals surface area (Å²) in [4.78, 5) is 26.6. The van der Waals surface area contributed by atoms with E-state index in [2.05, 4.69) is 0 Å². The maximum absolute atomic E-state index is 12.9. The van der Waals surface area contributed by atoms with Crippen LogP contribution in [0.3, 0.4) is 0 Å². The number of anilines is 1. The fraction of sp³-hybridized carbons (Fsp3) is 0.188. The van der Waals surface area contributed by atoms with Gasteiger partial charge in [-0.2, -0.15) is 0 Å². The van der Waals surface area contributed by atoms with Gasteiger partial charge in [0.15, 0.2) is 0 Å². The number of carbonyl (C=O) groups is 1. The molecule has 118 valence electrons. The Morgan fingerprint density at radius 2 is 2.09 bits per heavy atom. The maximum Gasteiger partial charge on any atom is 0.270 e. The van der Waals surface area contributed by atoms with Gasteiger partial charge in [-0.1, -0.05) is 36.4 Å². The van der Waals surface area contributed by atoms with Crippen LogP contribution in [0.2, 0.25) is 5.02 Å². The van der Waals surface area contributed by atoms with Crippen LogP contribution in [0.4, 0.5) is 11.4 Å². The molecule has 1 amide bonds. The zero-order chi connectivity index (χ0) is 16.6. The number of nitro groups is 1. The third-order valence-corrected chi connectivity index (χ3v) is 5.18. The molecular weight excluding hydrogens is 336 g/mol. The Kier molecular flexibility index (Phi) is 4.28. The molecule has 5 nitrogen and oxygen atoms in total. The van der Waals surface area contributed by atoms with Gasteiger partial charge in [0.05, 0.1) is 26.1 Å². The van der Waals surface area contributed by atoms with Crippen LogP contribution in [0.15, 0.2) is 46.2 Å². The van der Waals surface area contributed by atoms with Crippen LogP contribution in [0, 0.1) is 10.1 Å². The number of benzene rings is 2. The Hall–Kier alpha value is -2.05. The van der Waals surface area contributed by atoms with Gasteiger partial charge in [-0.3, -0.25) is 14.9 Å². The van der Waals surface area contributed by atoms with E-state index in [0.717, 1.165) is 17.0 Å². The van der Waals surface area contributed by atoms with Gasteiger partial charge in [0.1, 0.15) is 0 Å². The molecule has 0 bridgehead atoms. The van der Waals surface area contributed by atoms with E-state index >= 15 is 0 Å². The molecule has 1 aliphatic rings. The molecule has 0 aliphatic carbocycles. The van der Waals surface area contributed by atoms with Gasteiger partial charge < -0.3 is 4.90 Å². The molecule has 0 saturated carbocycles. The lowest BCUT2D eigenvalue weighted by Gasteiger charge is -2.22. The van der Waals surface area contributed by atoms with Crippen LogP contribution in [-0.4, -0.2) is 17.4 Å². The van der Waals surface area contributed by atoms with Crippen molar-refractivity contribution in [2.75, 3.05) is 11.4 Å². The molecule has 0 fully saturated rings. The van der Waals surface area contributed by atoms with Crippen molar-refractivity contribution in [2.24, 2.45) is 0 Å². The Labute approximate surface area is 142 Å². The zero-order valence-corrected chi connectivity index (χ0v) is 13.9. The molecular formula is C16H13ClN2O3S. The maximum atomic E-state index is 12.9. The summed E-state index contributed by atoms with van der Waals surface area (Å²) < 4.78 is 0. The van der Waals surface area contributed by atoms with Gasteiger partial charge in [0.25, 0.3) is 11.6 Å². The van der Waals surface area contributed by atoms with Crippen molar-refractivity contribution in [1.82, 2.24) is 0 Å². The second kappa shape index (κ2) is 6.22. The van der Waals surface area contributed by atoms with Crippen LogP contribution < -0.4 is 4.90 Å². The second-order valence-electron chi connectivity index (χ2n) is 5.08. The summed E-state index contributed by atoms with van der Waals surface area (Å²) in [6.45, 7) is 2.50. The number of hydrogen-bond donors (Lipinski definition) is 0. The van der Waals surface area contributed by atoms with Crippen molar-refractivity contribution >= 4 is 40.6 Å².